The van der Waals surface area contributed by atoms with Crippen LogP contribution in [0.2, 0.25) is 0 Å². The molecule has 1 aliphatic carbocycles. The maximum absolute atomic E-state index is 14.0. The summed E-state index contributed by atoms with van der Waals surface area (Å²) in [7, 11) is 0. The summed E-state index contributed by atoms with van der Waals surface area (Å²) in [6.07, 6.45) is 1.91. The van der Waals surface area contributed by atoms with E-state index in [-0.39, 0.29) is 23.3 Å². The number of aliphatic hydroxyl groups excluding tert-OH is 1. The monoisotopic (exact) mass is 300 g/mol. The lowest BCUT2D eigenvalue weighted by atomic mass is 9.66. The summed E-state index contributed by atoms with van der Waals surface area (Å²) in [6, 6.07) is 5.01. The van der Waals surface area contributed by atoms with Gasteiger partial charge < -0.3 is 9.84 Å². The summed E-state index contributed by atoms with van der Waals surface area (Å²) in [5, 5.41) is 9.59. The van der Waals surface area contributed by atoms with Crippen molar-refractivity contribution in [1.82, 2.24) is 0 Å². The third-order valence-electron chi connectivity index (χ3n) is 4.31. The Morgan fingerprint density at radius 3 is 2.53 bits per heavy atom. The Morgan fingerprint density at radius 1 is 1.35 bits per heavy atom. The Bertz CT molecular complexity index is 453. The maximum Gasteiger partial charge on any atom is 0.127 e. The van der Waals surface area contributed by atoms with E-state index in [1.165, 1.54) is 6.07 Å². The van der Waals surface area contributed by atoms with Crippen LogP contribution in [0.4, 0.5) is 4.39 Å². The molecule has 0 aromatic heterocycles. The first kappa shape index (κ1) is 11.6. The van der Waals surface area contributed by atoms with Crippen LogP contribution in [0.5, 0.6) is 0 Å². The highest BCUT2D eigenvalue weighted by atomic mass is 79.9. The van der Waals surface area contributed by atoms with E-state index in [1.54, 1.807) is 6.07 Å². The highest BCUT2D eigenvalue weighted by molar-refractivity contribution is 9.10. The van der Waals surface area contributed by atoms with Crippen molar-refractivity contribution >= 4 is 15.9 Å². The second-order valence-electron chi connectivity index (χ2n) is 5.14. The van der Waals surface area contributed by atoms with Crippen molar-refractivity contribution in [2.75, 3.05) is 19.8 Å². The lowest BCUT2D eigenvalue weighted by Gasteiger charge is -2.48. The van der Waals surface area contributed by atoms with Crippen LogP contribution < -0.4 is 0 Å². The van der Waals surface area contributed by atoms with Crippen LogP contribution in [0.3, 0.4) is 0 Å². The first-order chi connectivity index (χ1) is 8.13. The fraction of sp³-hybridized carbons (Fsp3) is 0.538. The summed E-state index contributed by atoms with van der Waals surface area (Å²) in [5.74, 6) is -0.198. The van der Waals surface area contributed by atoms with Gasteiger partial charge in [0.25, 0.3) is 0 Å². The van der Waals surface area contributed by atoms with Gasteiger partial charge in [0.05, 0.1) is 18.6 Å². The van der Waals surface area contributed by atoms with E-state index in [0.29, 0.717) is 18.8 Å². The predicted octanol–water partition coefficient (Wildman–Crippen LogP) is 2.63. The number of rotatable bonds is 3. The largest absolute Gasteiger partial charge is 0.396 e. The van der Waals surface area contributed by atoms with E-state index < -0.39 is 0 Å². The lowest BCUT2D eigenvalue weighted by Crippen LogP contribution is -2.55. The van der Waals surface area contributed by atoms with Crippen molar-refractivity contribution in [3.8, 4) is 0 Å². The third-order valence-corrected chi connectivity index (χ3v) is 4.81. The Morgan fingerprint density at radius 2 is 2.06 bits per heavy atom. The molecule has 4 heteroatoms. The molecule has 1 aromatic rings. The minimum absolute atomic E-state index is 0.113. The Labute approximate surface area is 108 Å². The SMILES string of the molecule is OCC1(C2(c3cc(Br)ccc3F)COC2)CC1. The summed E-state index contributed by atoms with van der Waals surface area (Å²) < 4.78 is 20.2. The van der Waals surface area contributed by atoms with E-state index in [0.717, 1.165) is 17.3 Å². The standard InChI is InChI=1S/C13H14BrFO2/c14-9-1-2-11(15)10(5-9)13(7-17-8-13)12(6-16)3-4-12/h1-2,5,16H,3-4,6-8H2. The van der Waals surface area contributed by atoms with E-state index in [2.05, 4.69) is 15.9 Å². The van der Waals surface area contributed by atoms with Crippen molar-refractivity contribution in [1.29, 1.82) is 0 Å². The molecule has 0 spiro atoms. The predicted molar refractivity (Wildman–Crippen MR) is 65.3 cm³/mol. The topological polar surface area (TPSA) is 29.5 Å². The first-order valence-electron chi connectivity index (χ1n) is 5.78. The average Bonchev–Trinajstić information content (AvgIpc) is 3.03. The number of hydrogen-bond acceptors (Lipinski definition) is 2. The van der Waals surface area contributed by atoms with Crippen LogP contribution in [0.15, 0.2) is 22.7 Å². The van der Waals surface area contributed by atoms with Crippen molar-refractivity contribution in [2.24, 2.45) is 5.41 Å². The van der Waals surface area contributed by atoms with Crippen molar-refractivity contribution in [3.63, 3.8) is 0 Å². The number of ether oxygens (including phenoxy) is 1. The molecule has 0 bridgehead atoms. The summed E-state index contributed by atoms with van der Waals surface area (Å²) >= 11 is 3.38. The first-order valence-corrected chi connectivity index (χ1v) is 6.57. The molecule has 1 aromatic carbocycles. The molecule has 1 N–H and O–H groups in total. The van der Waals surface area contributed by atoms with Gasteiger partial charge >= 0.3 is 0 Å². The molecule has 0 atom stereocenters. The number of halogens is 2. The lowest BCUT2D eigenvalue weighted by molar-refractivity contribution is -0.111. The number of aliphatic hydroxyl groups is 1. The third kappa shape index (κ3) is 1.51. The van der Waals surface area contributed by atoms with Crippen LogP contribution >= 0.6 is 15.9 Å². The second kappa shape index (κ2) is 3.77. The zero-order valence-electron chi connectivity index (χ0n) is 9.38. The van der Waals surface area contributed by atoms with Gasteiger partial charge in [-0.25, -0.2) is 4.39 Å². The van der Waals surface area contributed by atoms with Crippen LogP contribution in [0, 0.1) is 11.2 Å². The van der Waals surface area contributed by atoms with E-state index >= 15 is 0 Å². The molecule has 2 nitrogen and oxygen atoms in total. The molecule has 1 aliphatic heterocycles. The second-order valence-corrected chi connectivity index (χ2v) is 6.05. The van der Waals surface area contributed by atoms with Crippen LogP contribution in [0.1, 0.15) is 18.4 Å². The molecule has 17 heavy (non-hydrogen) atoms. The zero-order valence-corrected chi connectivity index (χ0v) is 11.0. The highest BCUT2D eigenvalue weighted by Gasteiger charge is 2.64. The average molecular weight is 301 g/mol. The van der Waals surface area contributed by atoms with Crippen molar-refractivity contribution in [3.05, 3.63) is 34.1 Å². The minimum atomic E-state index is -0.324. The van der Waals surface area contributed by atoms with Gasteiger partial charge in [0, 0.05) is 22.1 Å². The van der Waals surface area contributed by atoms with Crippen LogP contribution in [-0.4, -0.2) is 24.9 Å². The Kier molecular flexibility index (Phi) is 2.58. The van der Waals surface area contributed by atoms with Gasteiger partial charge in [0.2, 0.25) is 0 Å². The summed E-state index contributed by atoms with van der Waals surface area (Å²) in [4.78, 5) is 0. The molecule has 1 saturated heterocycles. The highest BCUT2D eigenvalue weighted by Crippen LogP contribution is 2.62. The zero-order chi connectivity index (χ0) is 12.1. The Hall–Kier alpha value is -0.450. The molecule has 2 fully saturated rings. The van der Waals surface area contributed by atoms with Gasteiger partial charge in [-0.1, -0.05) is 15.9 Å². The normalized spacial score (nSPS) is 24.2. The van der Waals surface area contributed by atoms with Crippen molar-refractivity contribution < 1.29 is 14.2 Å². The van der Waals surface area contributed by atoms with Gasteiger partial charge in [0.15, 0.2) is 0 Å². The van der Waals surface area contributed by atoms with Gasteiger partial charge in [0.1, 0.15) is 5.82 Å². The fourth-order valence-corrected chi connectivity index (χ4v) is 3.22. The van der Waals surface area contributed by atoms with Gasteiger partial charge in [-0.2, -0.15) is 0 Å². The molecular formula is C13H14BrFO2. The number of hydrogen-bond donors (Lipinski definition) is 1. The fourth-order valence-electron chi connectivity index (χ4n) is 2.86. The van der Waals surface area contributed by atoms with Gasteiger partial charge in [-0.3, -0.25) is 0 Å². The summed E-state index contributed by atoms with van der Waals surface area (Å²) in [6.45, 7) is 1.14. The number of benzene rings is 1. The molecule has 2 aliphatic rings. The molecule has 1 saturated carbocycles. The maximum atomic E-state index is 14.0. The molecule has 0 unspecified atom stereocenters. The summed E-state index contributed by atoms with van der Waals surface area (Å²) in [5.41, 5.74) is 0.201. The Balaban J connectivity index is 2.09. The van der Waals surface area contributed by atoms with E-state index in [4.69, 9.17) is 4.74 Å². The quantitative estimate of drug-likeness (QED) is 0.930. The van der Waals surface area contributed by atoms with E-state index in [1.807, 2.05) is 6.07 Å². The van der Waals surface area contributed by atoms with Gasteiger partial charge in [-0.15, -0.1) is 0 Å². The molecule has 3 rings (SSSR count). The van der Waals surface area contributed by atoms with E-state index in [9.17, 15) is 9.50 Å². The van der Waals surface area contributed by atoms with Gasteiger partial charge in [-0.05, 0) is 31.0 Å². The molecule has 1 heterocycles. The van der Waals surface area contributed by atoms with Crippen LogP contribution in [-0.2, 0) is 10.2 Å². The van der Waals surface area contributed by atoms with Crippen molar-refractivity contribution in [2.45, 2.75) is 18.3 Å². The minimum Gasteiger partial charge on any atom is -0.396 e. The van der Waals surface area contributed by atoms with Crippen LogP contribution in [0.25, 0.3) is 0 Å². The molecule has 92 valence electrons. The molecule has 0 amide bonds. The molecular weight excluding hydrogens is 287 g/mol. The smallest absolute Gasteiger partial charge is 0.127 e. The molecule has 0 radical (unpaired) electrons.